The largest absolute Gasteiger partial charge is 0.492 e. The van der Waals surface area contributed by atoms with E-state index in [4.69, 9.17) is 9.72 Å². The van der Waals surface area contributed by atoms with Gasteiger partial charge >= 0.3 is 0 Å². The van der Waals surface area contributed by atoms with Gasteiger partial charge in [-0.05, 0) is 61.0 Å². The molecule has 3 aromatic heterocycles. The summed E-state index contributed by atoms with van der Waals surface area (Å²) in [7, 11) is 0. The Balaban J connectivity index is 1.27. The van der Waals surface area contributed by atoms with Crippen LogP contribution >= 0.6 is 11.3 Å². The zero-order valence-electron chi connectivity index (χ0n) is 20.9. The number of fused-ring (bicyclic) bond motifs is 1. The van der Waals surface area contributed by atoms with Crippen molar-refractivity contribution in [1.29, 1.82) is 0 Å². The predicted octanol–water partition coefficient (Wildman–Crippen LogP) is 5.38. The minimum Gasteiger partial charge on any atom is -0.492 e. The number of carbonyl (C=O) groups excluding carboxylic acids is 1. The second-order valence-electron chi connectivity index (χ2n) is 9.71. The standard InChI is InChI=1S/C28H33N5O2S/c1-20(2)16-30-28(34)26-24(10-15-36-26)25-18-31-33-19-22(17-29-27(25)33)21-6-8-23(9-7-21)35-14-13-32-11-4-3-5-12-32/h6-10,15,17-20H,3-5,11-14,16H2,1-2H3,(H,30,34). The van der Waals surface area contributed by atoms with Gasteiger partial charge in [-0.2, -0.15) is 5.10 Å². The molecular weight excluding hydrogens is 470 g/mol. The molecule has 0 spiro atoms. The maximum absolute atomic E-state index is 12.7. The Hall–Kier alpha value is -3.23. The predicted molar refractivity (Wildman–Crippen MR) is 145 cm³/mol. The summed E-state index contributed by atoms with van der Waals surface area (Å²) in [6, 6.07) is 10.1. The Bertz CT molecular complexity index is 1310. The molecule has 7 nitrogen and oxygen atoms in total. The molecule has 1 amide bonds. The summed E-state index contributed by atoms with van der Waals surface area (Å²) < 4.78 is 7.75. The van der Waals surface area contributed by atoms with Crippen molar-refractivity contribution in [3.63, 3.8) is 0 Å². The van der Waals surface area contributed by atoms with Gasteiger partial charge in [-0.15, -0.1) is 11.3 Å². The van der Waals surface area contributed by atoms with Crippen molar-refractivity contribution in [3.05, 3.63) is 59.2 Å². The highest BCUT2D eigenvalue weighted by Gasteiger charge is 2.19. The fraction of sp³-hybridized carbons (Fsp3) is 0.393. The van der Waals surface area contributed by atoms with Crippen LogP contribution in [0.5, 0.6) is 5.75 Å². The number of aromatic nitrogens is 3. The van der Waals surface area contributed by atoms with E-state index >= 15 is 0 Å². The number of nitrogens with one attached hydrogen (secondary N) is 1. The Morgan fingerprint density at radius 3 is 2.64 bits per heavy atom. The van der Waals surface area contributed by atoms with E-state index in [1.807, 2.05) is 36.0 Å². The Morgan fingerprint density at radius 1 is 1.06 bits per heavy atom. The smallest absolute Gasteiger partial charge is 0.262 e. The summed E-state index contributed by atoms with van der Waals surface area (Å²) in [5, 5.41) is 9.48. The molecule has 1 aliphatic heterocycles. The van der Waals surface area contributed by atoms with Gasteiger partial charge in [-0.1, -0.05) is 32.4 Å². The zero-order valence-corrected chi connectivity index (χ0v) is 21.8. The van der Waals surface area contributed by atoms with Crippen molar-refractivity contribution >= 4 is 22.9 Å². The SMILES string of the molecule is CC(C)CNC(=O)c1sccc1-c1cnn2cc(-c3ccc(OCCN4CCCCC4)cc3)cnc12. The van der Waals surface area contributed by atoms with Crippen molar-refractivity contribution in [1.82, 2.24) is 24.8 Å². The lowest BCUT2D eigenvalue weighted by molar-refractivity contribution is 0.0953. The van der Waals surface area contributed by atoms with Crippen molar-refractivity contribution in [2.45, 2.75) is 33.1 Å². The molecule has 8 heteroatoms. The molecule has 0 saturated carbocycles. The van der Waals surface area contributed by atoms with Gasteiger partial charge in [-0.3, -0.25) is 9.69 Å². The van der Waals surface area contributed by atoms with Gasteiger partial charge < -0.3 is 10.1 Å². The first-order valence-electron chi connectivity index (χ1n) is 12.7. The third-order valence-corrected chi connectivity index (χ3v) is 7.41. The molecule has 1 fully saturated rings. The monoisotopic (exact) mass is 503 g/mol. The lowest BCUT2D eigenvalue weighted by Gasteiger charge is -2.26. The van der Waals surface area contributed by atoms with Crippen LogP contribution in [0.3, 0.4) is 0 Å². The van der Waals surface area contributed by atoms with E-state index in [2.05, 4.69) is 41.3 Å². The molecular formula is C28H33N5O2S. The third-order valence-electron chi connectivity index (χ3n) is 6.50. The lowest BCUT2D eigenvalue weighted by atomic mass is 10.1. The molecule has 188 valence electrons. The molecule has 5 rings (SSSR count). The highest BCUT2D eigenvalue weighted by molar-refractivity contribution is 7.12. The zero-order chi connectivity index (χ0) is 24.9. The van der Waals surface area contributed by atoms with Crippen LogP contribution in [-0.4, -0.2) is 58.2 Å². The Morgan fingerprint density at radius 2 is 1.86 bits per heavy atom. The number of carbonyl (C=O) groups is 1. The molecule has 4 aromatic rings. The summed E-state index contributed by atoms with van der Waals surface area (Å²) in [5.74, 6) is 1.23. The van der Waals surface area contributed by atoms with E-state index in [-0.39, 0.29) is 5.91 Å². The van der Waals surface area contributed by atoms with Crippen LogP contribution in [0.2, 0.25) is 0 Å². The first-order chi connectivity index (χ1) is 17.6. The van der Waals surface area contributed by atoms with E-state index in [1.165, 1.54) is 43.7 Å². The molecule has 1 aliphatic rings. The number of nitrogens with zero attached hydrogens (tertiary/aromatic N) is 4. The van der Waals surface area contributed by atoms with Gasteiger partial charge in [0.15, 0.2) is 5.65 Å². The second-order valence-corrected chi connectivity index (χ2v) is 10.6. The number of hydrogen-bond donors (Lipinski definition) is 1. The summed E-state index contributed by atoms with van der Waals surface area (Å²) in [5.41, 5.74) is 4.47. The van der Waals surface area contributed by atoms with E-state index in [9.17, 15) is 4.79 Å². The molecule has 0 unspecified atom stereocenters. The van der Waals surface area contributed by atoms with Gasteiger partial charge in [-0.25, -0.2) is 9.50 Å². The molecule has 0 radical (unpaired) electrons. The second kappa shape index (κ2) is 11.2. The van der Waals surface area contributed by atoms with Crippen LogP contribution in [0.25, 0.3) is 27.9 Å². The number of benzene rings is 1. The molecule has 36 heavy (non-hydrogen) atoms. The van der Waals surface area contributed by atoms with E-state index < -0.39 is 0 Å². The quantitative estimate of drug-likeness (QED) is 0.332. The number of piperidine rings is 1. The fourth-order valence-corrected chi connectivity index (χ4v) is 5.33. The average Bonchev–Trinajstić information content (AvgIpc) is 3.55. The molecule has 1 N–H and O–H groups in total. The van der Waals surface area contributed by atoms with Crippen molar-refractivity contribution in [2.24, 2.45) is 5.92 Å². The molecule has 4 heterocycles. The lowest BCUT2D eigenvalue weighted by Crippen LogP contribution is -2.33. The number of rotatable bonds is 9. The van der Waals surface area contributed by atoms with Crippen LogP contribution in [0, 0.1) is 5.92 Å². The normalized spacial score (nSPS) is 14.4. The summed E-state index contributed by atoms with van der Waals surface area (Å²) in [6.07, 6.45) is 9.57. The van der Waals surface area contributed by atoms with E-state index in [0.29, 0.717) is 23.9 Å². The summed E-state index contributed by atoms with van der Waals surface area (Å²) >= 11 is 1.44. The van der Waals surface area contributed by atoms with Crippen LogP contribution in [-0.2, 0) is 0 Å². The first-order valence-corrected chi connectivity index (χ1v) is 13.6. The highest BCUT2D eigenvalue weighted by atomic mass is 32.1. The van der Waals surface area contributed by atoms with Gasteiger partial charge in [0.2, 0.25) is 0 Å². The van der Waals surface area contributed by atoms with Crippen LogP contribution in [0.4, 0.5) is 0 Å². The average molecular weight is 504 g/mol. The minimum atomic E-state index is -0.0529. The fourth-order valence-electron chi connectivity index (χ4n) is 4.51. The van der Waals surface area contributed by atoms with Crippen LogP contribution in [0.15, 0.2) is 54.3 Å². The number of amides is 1. The Labute approximate surface area is 216 Å². The van der Waals surface area contributed by atoms with Crippen LogP contribution < -0.4 is 10.1 Å². The molecule has 0 aliphatic carbocycles. The van der Waals surface area contributed by atoms with Gasteiger partial charge in [0.05, 0.1) is 11.1 Å². The summed E-state index contributed by atoms with van der Waals surface area (Å²) in [4.78, 5) is 20.6. The van der Waals surface area contributed by atoms with Crippen molar-refractivity contribution in [3.8, 4) is 28.0 Å². The summed E-state index contributed by atoms with van der Waals surface area (Å²) in [6.45, 7) is 8.88. The Kier molecular flexibility index (Phi) is 7.63. The highest BCUT2D eigenvalue weighted by Crippen LogP contribution is 2.32. The van der Waals surface area contributed by atoms with Gasteiger partial charge in [0.1, 0.15) is 12.4 Å². The van der Waals surface area contributed by atoms with Gasteiger partial charge in [0.25, 0.3) is 5.91 Å². The molecule has 1 aromatic carbocycles. The molecule has 0 atom stereocenters. The van der Waals surface area contributed by atoms with E-state index in [1.54, 1.807) is 10.7 Å². The maximum atomic E-state index is 12.7. The van der Waals surface area contributed by atoms with Gasteiger partial charge in [0, 0.05) is 42.2 Å². The topological polar surface area (TPSA) is 71.8 Å². The first kappa shape index (κ1) is 24.5. The van der Waals surface area contributed by atoms with Crippen molar-refractivity contribution < 1.29 is 9.53 Å². The number of likely N-dealkylation sites (tertiary alicyclic amines) is 1. The van der Waals surface area contributed by atoms with Crippen molar-refractivity contribution in [2.75, 3.05) is 32.8 Å². The van der Waals surface area contributed by atoms with Crippen LogP contribution in [0.1, 0.15) is 42.8 Å². The maximum Gasteiger partial charge on any atom is 0.262 e. The van der Waals surface area contributed by atoms with E-state index in [0.717, 1.165) is 40.2 Å². The number of hydrogen-bond acceptors (Lipinski definition) is 6. The number of thiophene rings is 1. The minimum absolute atomic E-state index is 0.0529. The third kappa shape index (κ3) is 5.60. The number of ether oxygens (including phenoxy) is 1. The molecule has 1 saturated heterocycles. The molecule has 0 bridgehead atoms.